The smallest absolute Gasteiger partial charge is 0.340 e. The molecule has 3 aromatic rings. The van der Waals surface area contributed by atoms with Crippen LogP contribution >= 0.6 is 0 Å². The maximum atomic E-state index is 12.8. The molecule has 0 N–H and O–H groups in total. The normalized spacial score (nSPS) is 21.2. The average molecular weight is 476 g/mol. The Bertz CT molecular complexity index is 1130. The lowest BCUT2D eigenvalue weighted by atomic mass is 10.1. The van der Waals surface area contributed by atoms with E-state index < -0.39 is 42.5 Å². The van der Waals surface area contributed by atoms with E-state index >= 15 is 0 Å². The highest BCUT2D eigenvalue weighted by Crippen LogP contribution is 2.29. The zero-order chi connectivity index (χ0) is 24.6. The third-order valence-electron chi connectivity index (χ3n) is 5.41. The summed E-state index contributed by atoms with van der Waals surface area (Å²) < 4.78 is 28.0. The Kier molecular flexibility index (Phi) is 7.87. The molecule has 1 fully saturated rings. The Morgan fingerprint density at radius 2 is 1.11 bits per heavy atom. The lowest BCUT2D eigenvalue weighted by Crippen LogP contribution is -2.41. The summed E-state index contributed by atoms with van der Waals surface area (Å²) in [5, 5.41) is 0. The van der Waals surface area contributed by atoms with Gasteiger partial charge in [0.05, 0.1) is 16.7 Å². The third kappa shape index (κ3) is 5.92. The van der Waals surface area contributed by atoms with Crippen LogP contribution in [0, 0.1) is 0 Å². The van der Waals surface area contributed by atoms with E-state index in [1.54, 1.807) is 91.0 Å². The SMILES string of the molecule is CO[C@H]1[C@@H](OC(=O)c2ccccc2)O[C@H](COC(=O)c2ccccc2)[C@H]1OC(=O)c1ccccc1. The molecule has 0 bridgehead atoms. The second-order valence-corrected chi connectivity index (χ2v) is 7.72. The molecule has 8 heteroatoms. The molecule has 0 saturated carbocycles. The first-order valence-electron chi connectivity index (χ1n) is 11.0. The van der Waals surface area contributed by atoms with Gasteiger partial charge in [0.25, 0.3) is 0 Å². The maximum absolute atomic E-state index is 12.8. The highest BCUT2D eigenvalue weighted by molar-refractivity contribution is 5.90. The summed E-state index contributed by atoms with van der Waals surface area (Å²) in [5.74, 6) is -1.82. The fourth-order valence-corrected chi connectivity index (χ4v) is 3.64. The summed E-state index contributed by atoms with van der Waals surface area (Å²) >= 11 is 0. The molecule has 1 aliphatic rings. The highest BCUT2D eigenvalue weighted by atomic mass is 16.7. The molecule has 1 aliphatic heterocycles. The predicted molar refractivity (Wildman–Crippen MR) is 124 cm³/mol. The van der Waals surface area contributed by atoms with Crippen LogP contribution in [-0.4, -0.2) is 56.2 Å². The van der Waals surface area contributed by atoms with Gasteiger partial charge in [0.15, 0.2) is 12.2 Å². The second-order valence-electron chi connectivity index (χ2n) is 7.72. The summed E-state index contributed by atoms with van der Waals surface area (Å²) in [5.41, 5.74) is 1.01. The molecule has 1 heterocycles. The van der Waals surface area contributed by atoms with E-state index in [1.165, 1.54) is 7.11 Å². The van der Waals surface area contributed by atoms with Crippen LogP contribution in [0.25, 0.3) is 0 Å². The van der Waals surface area contributed by atoms with Crippen LogP contribution in [0.1, 0.15) is 31.1 Å². The van der Waals surface area contributed by atoms with Crippen molar-refractivity contribution in [1.82, 2.24) is 0 Å². The van der Waals surface area contributed by atoms with E-state index in [9.17, 15) is 14.4 Å². The minimum Gasteiger partial charge on any atom is -0.459 e. The van der Waals surface area contributed by atoms with E-state index in [0.717, 1.165) is 0 Å². The summed E-state index contributed by atoms with van der Waals surface area (Å²) in [7, 11) is 1.39. The van der Waals surface area contributed by atoms with Crippen LogP contribution in [0.2, 0.25) is 0 Å². The quantitative estimate of drug-likeness (QED) is 0.359. The number of rotatable bonds is 8. The van der Waals surface area contributed by atoms with Gasteiger partial charge in [-0.05, 0) is 36.4 Å². The van der Waals surface area contributed by atoms with E-state index in [0.29, 0.717) is 16.7 Å². The molecule has 4 atom stereocenters. The number of benzene rings is 3. The first-order chi connectivity index (χ1) is 17.1. The Balaban J connectivity index is 1.51. The number of ether oxygens (including phenoxy) is 5. The predicted octanol–water partition coefficient (Wildman–Crippen LogP) is 3.67. The summed E-state index contributed by atoms with van der Waals surface area (Å²) in [4.78, 5) is 37.8. The van der Waals surface area contributed by atoms with E-state index in [1.807, 2.05) is 0 Å². The molecular weight excluding hydrogens is 452 g/mol. The van der Waals surface area contributed by atoms with Crippen molar-refractivity contribution in [1.29, 1.82) is 0 Å². The molecule has 180 valence electrons. The van der Waals surface area contributed by atoms with E-state index in [2.05, 4.69) is 0 Å². The molecule has 0 aromatic heterocycles. The lowest BCUT2D eigenvalue weighted by molar-refractivity contribution is -0.145. The number of carbonyl (C=O) groups excluding carboxylic acids is 3. The van der Waals surface area contributed by atoms with Crippen molar-refractivity contribution < 1.29 is 38.1 Å². The van der Waals surface area contributed by atoms with Crippen LogP contribution in [0.5, 0.6) is 0 Å². The van der Waals surface area contributed by atoms with Gasteiger partial charge in [-0.25, -0.2) is 14.4 Å². The van der Waals surface area contributed by atoms with Gasteiger partial charge in [-0.2, -0.15) is 0 Å². The summed E-state index contributed by atoms with van der Waals surface area (Å²) in [6, 6.07) is 25.2. The third-order valence-corrected chi connectivity index (χ3v) is 5.41. The van der Waals surface area contributed by atoms with Gasteiger partial charge >= 0.3 is 17.9 Å². The minimum absolute atomic E-state index is 0.250. The van der Waals surface area contributed by atoms with Crippen molar-refractivity contribution in [3.63, 3.8) is 0 Å². The van der Waals surface area contributed by atoms with Gasteiger partial charge in [0.1, 0.15) is 12.7 Å². The number of methoxy groups -OCH3 is 1. The first-order valence-corrected chi connectivity index (χ1v) is 11.0. The second kappa shape index (κ2) is 11.4. The molecule has 0 amide bonds. The maximum Gasteiger partial charge on any atom is 0.340 e. The number of carbonyl (C=O) groups is 3. The molecule has 0 spiro atoms. The zero-order valence-electron chi connectivity index (χ0n) is 18.9. The minimum atomic E-state index is -1.19. The van der Waals surface area contributed by atoms with Gasteiger partial charge in [0.2, 0.25) is 6.29 Å². The van der Waals surface area contributed by atoms with Crippen molar-refractivity contribution in [3.8, 4) is 0 Å². The topological polar surface area (TPSA) is 97.4 Å². The van der Waals surface area contributed by atoms with Crippen LogP contribution in [0.15, 0.2) is 91.0 Å². The molecule has 4 rings (SSSR count). The van der Waals surface area contributed by atoms with Crippen molar-refractivity contribution in [2.24, 2.45) is 0 Å². The summed E-state index contributed by atoms with van der Waals surface area (Å²) in [6.07, 6.45) is -4.09. The van der Waals surface area contributed by atoms with Gasteiger partial charge in [-0.1, -0.05) is 54.6 Å². The average Bonchev–Trinajstić information content (AvgIpc) is 3.23. The van der Waals surface area contributed by atoms with Crippen LogP contribution in [0.3, 0.4) is 0 Å². The molecular formula is C27H24O8. The van der Waals surface area contributed by atoms with Crippen LogP contribution in [0.4, 0.5) is 0 Å². The van der Waals surface area contributed by atoms with Gasteiger partial charge in [-0.3, -0.25) is 0 Å². The molecule has 35 heavy (non-hydrogen) atoms. The highest BCUT2D eigenvalue weighted by Gasteiger charge is 2.50. The van der Waals surface area contributed by atoms with Crippen molar-refractivity contribution >= 4 is 17.9 Å². The number of hydrogen-bond acceptors (Lipinski definition) is 8. The van der Waals surface area contributed by atoms with Crippen LogP contribution < -0.4 is 0 Å². The number of esters is 3. The Morgan fingerprint density at radius 1 is 0.657 bits per heavy atom. The van der Waals surface area contributed by atoms with E-state index in [-0.39, 0.29) is 6.61 Å². The standard InChI is InChI=1S/C27H24O8/c1-31-23-22(34-25(29)19-13-7-3-8-14-19)21(17-32-24(28)18-11-5-2-6-12-18)33-27(23)35-26(30)20-15-9-4-10-16-20/h2-16,21-23,27H,17H2,1H3/t21-,22-,23-,27-/m1/s1. The fraction of sp³-hybridized carbons (Fsp3) is 0.222. The zero-order valence-corrected chi connectivity index (χ0v) is 18.9. The summed E-state index contributed by atoms with van der Waals surface area (Å²) in [6.45, 7) is -0.250. The Labute approximate surface area is 202 Å². The molecule has 8 nitrogen and oxygen atoms in total. The molecule has 3 aromatic carbocycles. The van der Waals surface area contributed by atoms with Gasteiger partial charge < -0.3 is 23.7 Å². The molecule has 1 saturated heterocycles. The Morgan fingerprint density at radius 3 is 1.60 bits per heavy atom. The number of hydrogen-bond donors (Lipinski definition) is 0. The van der Waals surface area contributed by atoms with Crippen molar-refractivity contribution in [2.45, 2.75) is 24.6 Å². The van der Waals surface area contributed by atoms with Crippen molar-refractivity contribution in [3.05, 3.63) is 108 Å². The first kappa shape index (κ1) is 24.1. The van der Waals surface area contributed by atoms with Gasteiger partial charge in [-0.15, -0.1) is 0 Å². The Hall–Kier alpha value is -4.01. The van der Waals surface area contributed by atoms with E-state index in [4.69, 9.17) is 23.7 Å². The van der Waals surface area contributed by atoms with Crippen molar-refractivity contribution in [2.75, 3.05) is 13.7 Å². The lowest BCUT2D eigenvalue weighted by Gasteiger charge is -2.22. The largest absolute Gasteiger partial charge is 0.459 e. The molecule has 0 aliphatic carbocycles. The molecule has 0 radical (unpaired) electrons. The molecule has 0 unspecified atom stereocenters. The van der Waals surface area contributed by atoms with Gasteiger partial charge in [0, 0.05) is 7.11 Å². The fourth-order valence-electron chi connectivity index (χ4n) is 3.64. The monoisotopic (exact) mass is 476 g/mol. The van der Waals surface area contributed by atoms with Crippen LogP contribution in [-0.2, 0) is 23.7 Å².